The fourth-order valence-corrected chi connectivity index (χ4v) is 3.82. The van der Waals surface area contributed by atoms with Crippen LogP contribution in [0, 0.1) is 11.3 Å². The SMILES string of the molecule is O=C(c1ccccc1OC(F)(F)F)N1C[C@@H]2CCC[C@@]2(C(=O)O)C1. The maximum atomic E-state index is 12.6. The molecule has 1 amide bonds. The lowest BCUT2D eigenvalue weighted by atomic mass is 9.81. The summed E-state index contributed by atoms with van der Waals surface area (Å²) < 4.78 is 41.4. The average Bonchev–Trinajstić information content (AvgIpc) is 3.03. The Kier molecular flexibility index (Phi) is 3.93. The fourth-order valence-electron chi connectivity index (χ4n) is 3.82. The Morgan fingerprint density at radius 1 is 1.29 bits per heavy atom. The highest BCUT2D eigenvalue weighted by molar-refractivity contribution is 5.97. The van der Waals surface area contributed by atoms with Gasteiger partial charge in [-0.15, -0.1) is 13.2 Å². The molecule has 1 N–H and O–H groups in total. The lowest BCUT2D eigenvalue weighted by Crippen LogP contribution is -2.37. The number of hydrogen-bond donors (Lipinski definition) is 1. The number of ether oxygens (including phenoxy) is 1. The number of para-hydroxylation sites is 1. The lowest BCUT2D eigenvalue weighted by Gasteiger charge is -2.23. The molecule has 8 heteroatoms. The minimum absolute atomic E-state index is 0.0200. The predicted molar refractivity (Wildman–Crippen MR) is 76.4 cm³/mol. The summed E-state index contributed by atoms with van der Waals surface area (Å²) >= 11 is 0. The van der Waals surface area contributed by atoms with Gasteiger partial charge in [-0.25, -0.2) is 0 Å². The molecule has 2 atom stereocenters. The summed E-state index contributed by atoms with van der Waals surface area (Å²) in [6, 6.07) is 5.12. The molecular formula is C16H16F3NO4. The molecule has 0 unspecified atom stereocenters. The Morgan fingerprint density at radius 3 is 2.62 bits per heavy atom. The summed E-state index contributed by atoms with van der Waals surface area (Å²) in [6.07, 6.45) is -2.93. The number of carboxylic acids is 1. The van der Waals surface area contributed by atoms with Crippen molar-refractivity contribution in [2.24, 2.45) is 11.3 Å². The van der Waals surface area contributed by atoms with Crippen molar-refractivity contribution in [1.82, 2.24) is 4.90 Å². The molecule has 3 rings (SSSR count). The first-order valence-electron chi connectivity index (χ1n) is 7.60. The van der Waals surface area contributed by atoms with Gasteiger partial charge in [0.15, 0.2) is 0 Å². The molecule has 0 bridgehead atoms. The van der Waals surface area contributed by atoms with E-state index in [0.717, 1.165) is 12.5 Å². The van der Waals surface area contributed by atoms with Gasteiger partial charge in [0.1, 0.15) is 5.75 Å². The smallest absolute Gasteiger partial charge is 0.481 e. The van der Waals surface area contributed by atoms with Crippen LogP contribution in [0.2, 0.25) is 0 Å². The maximum Gasteiger partial charge on any atom is 0.573 e. The van der Waals surface area contributed by atoms with Gasteiger partial charge < -0.3 is 14.7 Å². The first kappa shape index (κ1) is 16.6. The van der Waals surface area contributed by atoms with E-state index in [1.165, 1.54) is 23.1 Å². The molecule has 5 nitrogen and oxygen atoms in total. The quantitative estimate of drug-likeness (QED) is 0.916. The van der Waals surface area contributed by atoms with E-state index in [0.29, 0.717) is 12.8 Å². The highest BCUT2D eigenvalue weighted by Crippen LogP contribution is 2.49. The van der Waals surface area contributed by atoms with Gasteiger partial charge in [0, 0.05) is 13.1 Å². The van der Waals surface area contributed by atoms with Crippen LogP contribution in [0.1, 0.15) is 29.6 Å². The van der Waals surface area contributed by atoms with Crippen LogP contribution >= 0.6 is 0 Å². The standard InChI is InChI=1S/C16H16F3NO4/c17-16(18,19)24-12-6-2-1-5-11(12)13(21)20-8-10-4-3-7-15(10,9-20)14(22)23/h1-2,5-6,10H,3-4,7-9H2,(H,22,23)/t10-,15+/m0/s1. The van der Waals surface area contributed by atoms with Crippen molar-refractivity contribution in [3.8, 4) is 5.75 Å². The van der Waals surface area contributed by atoms with Crippen molar-refractivity contribution in [2.75, 3.05) is 13.1 Å². The van der Waals surface area contributed by atoms with Crippen molar-refractivity contribution >= 4 is 11.9 Å². The highest BCUT2D eigenvalue weighted by Gasteiger charge is 2.56. The zero-order chi connectivity index (χ0) is 17.5. The van der Waals surface area contributed by atoms with Gasteiger partial charge in [-0.1, -0.05) is 18.6 Å². The van der Waals surface area contributed by atoms with E-state index in [-0.39, 0.29) is 24.6 Å². The second-order valence-corrected chi connectivity index (χ2v) is 6.28. The molecule has 24 heavy (non-hydrogen) atoms. The lowest BCUT2D eigenvalue weighted by molar-refractivity contribution is -0.274. The van der Waals surface area contributed by atoms with Crippen molar-refractivity contribution in [3.05, 3.63) is 29.8 Å². The van der Waals surface area contributed by atoms with Gasteiger partial charge in [-0.05, 0) is 30.9 Å². The molecule has 2 fully saturated rings. The van der Waals surface area contributed by atoms with Crippen LogP contribution in [0.3, 0.4) is 0 Å². The summed E-state index contributed by atoms with van der Waals surface area (Å²) in [4.78, 5) is 25.6. The van der Waals surface area contributed by atoms with Crippen LogP contribution < -0.4 is 4.74 Å². The summed E-state index contributed by atoms with van der Waals surface area (Å²) in [7, 11) is 0. The third-order valence-corrected chi connectivity index (χ3v) is 4.93. The summed E-state index contributed by atoms with van der Waals surface area (Å²) in [5, 5.41) is 9.54. The van der Waals surface area contributed by atoms with Crippen LogP contribution in [-0.4, -0.2) is 41.3 Å². The Labute approximate surface area is 136 Å². The monoisotopic (exact) mass is 343 g/mol. The third-order valence-electron chi connectivity index (χ3n) is 4.93. The molecule has 1 saturated carbocycles. The van der Waals surface area contributed by atoms with Gasteiger partial charge in [0.2, 0.25) is 0 Å². The molecule has 1 aliphatic heterocycles. The minimum Gasteiger partial charge on any atom is -0.481 e. The van der Waals surface area contributed by atoms with Gasteiger partial charge in [-0.3, -0.25) is 9.59 Å². The van der Waals surface area contributed by atoms with E-state index in [2.05, 4.69) is 4.74 Å². The number of amides is 1. The topological polar surface area (TPSA) is 66.8 Å². The Bertz CT molecular complexity index is 676. The summed E-state index contributed by atoms with van der Waals surface area (Å²) in [5.74, 6) is -2.31. The Hall–Kier alpha value is -2.25. The van der Waals surface area contributed by atoms with E-state index in [9.17, 15) is 27.9 Å². The molecule has 130 valence electrons. The number of fused-ring (bicyclic) bond motifs is 1. The van der Waals surface area contributed by atoms with Crippen LogP contribution in [0.15, 0.2) is 24.3 Å². The Balaban J connectivity index is 1.85. The van der Waals surface area contributed by atoms with Gasteiger partial charge >= 0.3 is 12.3 Å². The van der Waals surface area contributed by atoms with Crippen LogP contribution in [-0.2, 0) is 4.79 Å². The fraction of sp³-hybridized carbons (Fsp3) is 0.500. The number of aliphatic carboxylic acids is 1. The molecule has 1 aliphatic carbocycles. The largest absolute Gasteiger partial charge is 0.573 e. The molecular weight excluding hydrogens is 327 g/mol. The number of alkyl halides is 3. The van der Waals surface area contributed by atoms with E-state index in [1.54, 1.807) is 0 Å². The number of carbonyl (C=O) groups excluding carboxylic acids is 1. The Morgan fingerprint density at radius 2 is 2.00 bits per heavy atom. The zero-order valence-electron chi connectivity index (χ0n) is 12.7. The molecule has 0 radical (unpaired) electrons. The van der Waals surface area contributed by atoms with E-state index >= 15 is 0 Å². The molecule has 1 aromatic carbocycles. The molecule has 0 spiro atoms. The second kappa shape index (κ2) is 5.68. The molecule has 2 aliphatic rings. The highest BCUT2D eigenvalue weighted by atomic mass is 19.4. The number of hydrogen-bond acceptors (Lipinski definition) is 3. The normalized spacial score (nSPS) is 26.3. The van der Waals surface area contributed by atoms with Crippen molar-refractivity contribution in [2.45, 2.75) is 25.6 Å². The first-order valence-corrected chi connectivity index (χ1v) is 7.60. The van der Waals surface area contributed by atoms with E-state index in [4.69, 9.17) is 0 Å². The number of carbonyl (C=O) groups is 2. The number of likely N-dealkylation sites (tertiary alicyclic amines) is 1. The number of benzene rings is 1. The summed E-state index contributed by atoms with van der Waals surface area (Å²) in [6.45, 7) is 0.262. The molecule has 1 heterocycles. The van der Waals surface area contributed by atoms with Crippen molar-refractivity contribution in [3.63, 3.8) is 0 Å². The van der Waals surface area contributed by atoms with Crippen LogP contribution in [0.5, 0.6) is 5.75 Å². The van der Waals surface area contributed by atoms with Gasteiger partial charge in [0.05, 0.1) is 11.0 Å². The molecule has 1 saturated heterocycles. The second-order valence-electron chi connectivity index (χ2n) is 6.28. The predicted octanol–water partition coefficient (Wildman–Crippen LogP) is 2.91. The van der Waals surface area contributed by atoms with E-state index < -0.39 is 29.4 Å². The van der Waals surface area contributed by atoms with Crippen molar-refractivity contribution < 1.29 is 32.6 Å². The average molecular weight is 343 g/mol. The van der Waals surface area contributed by atoms with E-state index in [1.807, 2.05) is 0 Å². The first-order chi connectivity index (χ1) is 11.2. The van der Waals surface area contributed by atoms with Gasteiger partial charge in [-0.2, -0.15) is 0 Å². The number of carboxylic acid groups (broad SMARTS) is 1. The van der Waals surface area contributed by atoms with Gasteiger partial charge in [0.25, 0.3) is 5.91 Å². The number of nitrogens with zero attached hydrogens (tertiary/aromatic N) is 1. The maximum absolute atomic E-state index is 12.6. The van der Waals surface area contributed by atoms with Crippen molar-refractivity contribution in [1.29, 1.82) is 0 Å². The molecule has 0 aromatic heterocycles. The number of rotatable bonds is 3. The minimum atomic E-state index is -4.90. The summed E-state index contributed by atoms with van der Waals surface area (Å²) in [5.41, 5.74) is -1.19. The van der Waals surface area contributed by atoms with Crippen LogP contribution in [0.25, 0.3) is 0 Å². The molecule has 1 aromatic rings. The number of halogens is 3. The van der Waals surface area contributed by atoms with Crippen LogP contribution in [0.4, 0.5) is 13.2 Å². The zero-order valence-corrected chi connectivity index (χ0v) is 12.7. The third kappa shape index (κ3) is 2.81.